The van der Waals surface area contributed by atoms with Gasteiger partial charge in [-0.05, 0) is 64.2 Å². The first-order valence-corrected chi connectivity index (χ1v) is 24.7. The molecule has 0 saturated heterocycles. The van der Waals surface area contributed by atoms with Crippen molar-refractivity contribution in [2.75, 3.05) is 6.61 Å². The van der Waals surface area contributed by atoms with Crippen LogP contribution in [-0.4, -0.2) is 46.9 Å². The van der Waals surface area contributed by atoms with Crippen LogP contribution in [0.2, 0.25) is 0 Å². The molecular formula is C53H93NO5. The zero-order valence-electron chi connectivity index (χ0n) is 38.6. The van der Waals surface area contributed by atoms with Gasteiger partial charge >= 0.3 is 5.97 Å². The number of hydrogen-bond acceptors (Lipinski definition) is 5. The van der Waals surface area contributed by atoms with Crippen LogP contribution >= 0.6 is 0 Å². The van der Waals surface area contributed by atoms with Crippen LogP contribution in [-0.2, 0) is 14.3 Å². The molecule has 0 radical (unpaired) electrons. The summed E-state index contributed by atoms with van der Waals surface area (Å²) < 4.78 is 5.88. The van der Waals surface area contributed by atoms with Gasteiger partial charge in [-0.2, -0.15) is 0 Å². The third-order valence-corrected chi connectivity index (χ3v) is 10.8. The maximum Gasteiger partial charge on any atom is 0.306 e. The molecule has 0 fully saturated rings. The molecule has 0 aliphatic heterocycles. The minimum absolute atomic E-state index is 0.0526. The Bertz CT molecular complexity index is 1110. The monoisotopic (exact) mass is 824 g/mol. The average molecular weight is 824 g/mol. The summed E-state index contributed by atoms with van der Waals surface area (Å²) in [6.07, 6.45) is 58.2. The molecule has 0 aromatic carbocycles. The molecule has 0 heterocycles. The average Bonchev–Trinajstić information content (AvgIpc) is 3.23. The number of ether oxygens (including phenoxy) is 1. The molecule has 0 aromatic rings. The third-order valence-electron chi connectivity index (χ3n) is 10.8. The lowest BCUT2D eigenvalue weighted by molar-refractivity contribution is -0.151. The maximum atomic E-state index is 13.1. The topological polar surface area (TPSA) is 95.9 Å². The highest BCUT2D eigenvalue weighted by Gasteiger charge is 2.24. The van der Waals surface area contributed by atoms with E-state index in [1.165, 1.54) is 77.0 Å². The Morgan fingerprint density at radius 3 is 1.47 bits per heavy atom. The van der Waals surface area contributed by atoms with Gasteiger partial charge in [-0.15, -0.1) is 0 Å². The summed E-state index contributed by atoms with van der Waals surface area (Å²) in [5, 5.41) is 23.7. The molecule has 1 amide bonds. The standard InChI is InChI=1S/C53H93NO5/c1-4-7-10-13-16-19-21-23-25-26-27-28-30-32-34-37-40-43-46-53(58)59-49(44-41-38-35-18-15-12-9-6-3)47-52(57)54-50(48-55)51(56)45-42-39-36-33-31-29-24-22-20-17-14-11-8-5-2/h10,12-13,15-16,19,21,23,25-28,49-51,55-56H,4-9,11,14,17-18,20,22,24,29-48H2,1-3H3,(H,54,57)/b13-10+,15-12-,19-16+,23-21+,26-25+,28-27+. The quantitative estimate of drug-likeness (QED) is 0.0246. The van der Waals surface area contributed by atoms with Gasteiger partial charge in [-0.3, -0.25) is 9.59 Å². The van der Waals surface area contributed by atoms with E-state index in [4.69, 9.17) is 4.74 Å². The van der Waals surface area contributed by atoms with Crippen molar-refractivity contribution < 1.29 is 24.5 Å². The predicted octanol–water partition coefficient (Wildman–Crippen LogP) is 14.6. The maximum absolute atomic E-state index is 13.1. The van der Waals surface area contributed by atoms with Crippen LogP contribution in [0.25, 0.3) is 0 Å². The Labute approximate surface area is 364 Å². The number of amides is 1. The van der Waals surface area contributed by atoms with E-state index < -0.39 is 18.2 Å². The van der Waals surface area contributed by atoms with Gasteiger partial charge in [0.05, 0.1) is 25.2 Å². The number of unbranched alkanes of at least 4 members (excludes halogenated alkanes) is 23. The lowest BCUT2D eigenvalue weighted by Crippen LogP contribution is -2.46. The molecule has 0 aliphatic carbocycles. The lowest BCUT2D eigenvalue weighted by Gasteiger charge is -2.24. The van der Waals surface area contributed by atoms with E-state index in [1.807, 2.05) is 24.3 Å². The largest absolute Gasteiger partial charge is 0.462 e. The Hall–Kier alpha value is -2.70. The third kappa shape index (κ3) is 41.8. The fourth-order valence-electron chi connectivity index (χ4n) is 7.11. The lowest BCUT2D eigenvalue weighted by atomic mass is 10.0. The normalized spacial score (nSPS) is 13.9. The van der Waals surface area contributed by atoms with E-state index in [9.17, 15) is 19.8 Å². The zero-order chi connectivity index (χ0) is 43.1. The fourth-order valence-corrected chi connectivity index (χ4v) is 7.11. The van der Waals surface area contributed by atoms with Gasteiger partial charge in [0.1, 0.15) is 6.10 Å². The van der Waals surface area contributed by atoms with Crippen LogP contribution in [0.15, 0.2) is 72.9 Å². The molecule has 0 rings (SSSR count). The molecule has 0 spiro atoms. The summed E-state index contributed by atoms with van der Waals surface area (Å²) in [6, 6.07) is -0.713. The molecule has 0 bridgehead atoms. The molecule has 6 heteroatoms. The molecular weight excluding hydrogens is 731 g/mol. The van der Waals surface area contributed by atoms with Crippen molar-refractivity contribution in [2.24, 2.45) is 0 Å². The van der Waals surface area contributed by atoms with E-state index in [0.29, 0.717) is 19.3 Å². The number of aliphatic hydroxyl groups excluding tert-OH is 2. The first-order valence-electron chi connectivity index (χ1n) is 24.7. The number of aliphatic hydroxyl groups is 2. The fraction of sp³-hybridized carbons (Fsp3) is 0.736. The predicted molar refractivity (Wildman–Crippen MR) is 255 cm³/mol. The second kappa shape index (κ2) is 46.4. The Kier molecular flexibility index (Phi) is 44.2. The SMILES string of the molecule is CCC/C=C\CCCCCC(CC(=O)NC(CO)C(O)CCCCCCCCCCCCCCCC)OC(=O)CCCCCCC/C=C/C=C/C=C/C=C/C=C/CCC. The second-order valence-corrected chi connectivity index (χ2v) is 16.6. The summed E-state index contributed by atoms with van der Waals surface area (Å²) in [5.41, 5.74) is 0. The van der Waals surface area contributed by atoms with Gasteiger partial charge in [0.15, 0.2) is 0 Å². The van der Waals surface area contributed by atoms with Gasteiger partial charge in [-0.1, -0.05) is 222 Å². The van der Waals surface area contributed by atoms with Gasteiger partial charge < -0.3 is 20.3 Å². The van der Waals surface area contributed by atoms with Crippen LogP contribution in [0.5, 0.6) is 0 Å². The van der Waals surface area contributed by atoms with Gasteiger partial charge in [-0.25, -0.2) is 0 Å². The molecule has 3 unspecified atom stereocenters. The molecule has 3 N–H and O–H groups in total. The van der Waals surface area contributed by atoms with Crippen LogP contribution in [0.3, 0.4) is 0 Å². The number of carbonyl (C=O) groups is 2. The molecule has 6 nitrogen and oxygen atoms in total. The first-order chi connectivity index (χ1) is 29.0. The number of nitrogens with one attached hydrogen (secondary N) is 1. The van der Waals surface area contributed by atoms with Crippen molar-refractivity contribution in [1.82, 2.24) is 5.32 Å². The van der Waals surface area contributed by atoms with Crippen molar-refractivity contribution in [3.8, 4) is 0 Å². The molecule has 0 aliphatic rings. The Morgan fingerprint density at radius 2 is 0.915 bits per heavy atom. The van der Waals surface area contributed by atoms with Crippen LogP contribution in [0.4, 0.5) is 0 Å². The van der Waals surface area contributed by atoms with Crippen LogP contribution in [0, 0.1) is 0 Å². The summed E-state index contributed by atoms with van der Waals surface area (Å²) in [5.74, 6) is -0.526. The summed E-state index contributed by atoms with van der Waals surface area (Å²) in [4.78, 5) is 26.0. The Balaban J connectivity index is 4.50. The molecule has 59 heavy (non-hydrogen) atoms. The highest BCUT2D eigenvalue weighted by molar-refractivity contribution is 5.77. The van der Waals surface area contributed by atoms with Crippen molar-refractivity contribution in [1.29, 1.82) is 0 Å². The highest BCUT2D eigenvalue weighted by atomic mass is 16.5. The zero-order valence-corrected chi connectivity index (χ0v) is 38.6. The number of hydrogen-bond donors (Lipinski definition) is 3. The van der Waals surface area contributed by atoms with Crippen molar-refractivity contribution in [2.45, 2.75) is 244 Å². The van der Waals surface area contributed by atoms with E-state index in [-0.39, 0.29) is 24.9 Å². The second-order valence-electron chi connectivity index (χ2n) is 16.6. The summed E-state index contributed by atoms with van der Waals surface area (Å²) >= 11 is 0. The molecule has 0 aromatic heterocycles. The molecule has 340 valence electrons. The smallest absolute Gasteiger partial charge is 0.306 e. The number of allylic oxidation sites excluding steroid dienone is 12. The minimum atomic E-state index is -0.797. The number of esters is 1. The Morgan fingerprint density at radius 1 is 0.492 bits per heavy atom. The van der Waals surface area contributed by atoms with Gasteiger partial charge in [0.2, 0.25) is 5.91 Å². The molecule has 3 atom stereocenters. The summed E-state index contributed by atoms with van der Waals surface area (Å²) in [7, 11) is 0. The van der Waals surface area contributed by atoms with Crippen LogP contribution in [0.1, 0.15) is 226 Å². The highest BCUT2D eigenvalue weighted by Crippen LogP contribution is 2.17. The van der Waals surface area contributed by atoms with Gasteiger partial charge in [0, 0.05) is 6.42 Å². The minimum Gasteiger partial charge on any atom is -0.462 e. The van der Waals surface area contributed by atoms with E-state index in [1.54, 1.807) is 0 Å². The van der Waals surface area contributed by atoms with Crippen molar-refractivity contribution in [3.63, 3.8) is 0 Å². The molecule has 0 saturated carbocycles. The number of rotatable bonds is 43. The summed E-state index contributed by atoms with van der Waals surface area (Å²) in [6.45, 7) is 6.31. The first kappa shape index (κ1) is 56.3. The van der Waals surface area contributed by atoms with Crippen LogP contribution < -0.4 is 5.32 Å². The number of carbonyl (C=O) groups excluding carboxylic acids is 2. The van der Waals surface area contributed by atoms with E-state index in [0.717, 1.165) is 103 Å². The van der Waals surface area contributed by atoms with Crippen molar-refractivity contribution in [3.05, 3.63) is 72.9 Å². The van der Waals surface area contributed by atoms with Gasteiger partial charge in [0.25, 0.3) is 0 Å². The van der Waals surface area contributed by atoms with E-state index in [2.05, 4.69) is 74.7 Å². The van der Waals surface area contributed by atoms with Crippen molar-refractivity contribution >= 4 is 11.9 Å². The van der Waals surface area contributed by atoms with E-state index >= 15 is 0 Å².